The van der Waals surface area contributed by atoms with Crippen LogP contribution in [0.3, 0.4) is 0 Å². The van der Waals surface area contributed by atoms with E-state index in [-0.39, 0.29) is 42.9 Å². The Hall–Kier alpha value is -2.71. The molecule has 3 rings (SSSR count). The summed E-state index contributed by atoms with van der Waals surface area (Å²) in [6.07, 6.45) is 0. The average Bonchev–Trinajstić information content (AvgIpc) is 2.79. The number of nitrogens with zero attached hydrogens (tertiary/aromatic N) is 2. The van der Waals surface area contributed by atoms with Crippen molar-refractivity contribution in [3.63, 3.8) is 0 Å². The molecule has 0 radical (unpaired) electrons. The van der Waals surface area contributed by atoms with Crippen LogP contribution < -0.4 is 5.32 Å². The van der Waals surface area contributed by atoms with E-state index in [1.165, 1.54) is 4.31 Å². The molecule has 1 aliphatic rings. The number of benzene rings is 2. The van der Waals surface area contributed by atoms with Crippen LogP contribution >= 0.6 is 0 Å². The highest BCUT2D eigenvalue weighted by molar-refractivity contribution is 7.89. The van der Waals surface area contributed by atoms with Crippen molar-refractivity contribution in [1.29, 1.82) is 0 Å². The average molecular weight is 444 g/mol. The van der Waals surface area contributed by atoms with Crippen LogP contribution in [0.1, 0.15) is 42.6 Å². The Kier molecular flexibility index (Phi) is 7.12. The third kappa shape index (κ3) is 5.32. The van der Waals surface area contributed by atoms with E-state index in [0.717, 1.165) is 5.56 Å². The summed E-state index contributed by atoms with van der Waals surface area (Å²) in [5, 5.41) is 2.71. The zero-order valence-electron chi connectivity index (χ0n) is 18.1. The Balaban J connectivity index is 1.58. The third-order valence-corrected chi connectivity index (χ3v) is 7.40. The number of sulfonamides is 1. The maximum Gasteiger partial charge on any atom is 0.251 e. The van der Waals surface area contributed by atoms with Crippen LogP contribution in [-0.2, 0) is 14.8 Å². The number of nitrogens with one attached hydrogen (secondary N) is 1. The van der Waals surface area contributed by atoms with Gasteiger partial charge in [-0.15, -0.1) is 0 Å². The van der Waals surface area contributed by atoms with Gasteiger partial charge in [-0.05, 0) is 42.7 Å². The minimum Gasteiger partial charge on any atom is -0.341 e. The molecule has 0 spiro atoms. The van der Waals surface area contributed by atoms with E-state index in [1.54, 1.807) is 48.2 Å². The first-order chi connectivity index (χ1) is 14.7. The number of hydrogen-bond donors (Lipinski definition) is 1. The molecule has 1 heterocycles. The predicted octanol–water partition coefficient (Wildman–Crippen LogP) is 2.46. The standard InChI is InChI=1S/C23H29N3O4S/c1-17(2)19-9-11-21(12-10-19)31(29,30)26-15-13-25(14-16-26)23(28)18(3)24-22(27)20-7-5-4-6-8-20/h4-12,17-18H,13-16H2,1-3H3,(H,24,27)/t18-/m0/s1. The molecule has 1 aliphatic heterocycles. The van der Waals surface area contributed by atoms with E-state index in [4.69, 9.17) is 0 Å². The van der Waals surface area contributed by atoms with Crippen molar-refractivity contribution < 1.29 is 18.0 Å². The second-order valence-corrected chi connectivity index (χ2v) is 9.95. The summed E-state index contributed by atoms with van der Waals surface area (Å²) in [6.45, 7) is 6.77. The molecule has 2 amide bonds. The fraction of sp³-hybridized carbons (Fsp3) is 0.391. The fourth-order valence-electron chi connectivity index (χ4n) is 3.53. The highest BCUT2D eigenvalue weighted by atomic mass is 32.2. The van der Waals surface area contributed by atoms with Crippen LogP contribution in [0.15, 0.2) is 59.5 Å². The number of piperazine rings is 1. The van der Waals surface area contributed by atoms with Gasteiger partial charge in [-0.1, -0.05) is 44.2 Å². The van der Waals surface area contributed by atoms with Gasteiger partial charge in [-0.3, -0.25) is 9.59 Å². The summed E-state index contributed by atoms with van der Waals surface area (Å²) in [6, 6.07) is 15.0. The number of hydrogen-bond acceptors (Lipinski definition) is 4. The summed E-state index contributed by atoms with van der Waals surface area (Å²) >= 11 is 0. The zero-order valence-corrected chi connectivity index (χ0v) is 18.9. The van der Waals surface area contributed by atoms with Crippen molar-refractivity contribution in [1.82, 2.24) is 14.5 Å². The largest absolute Gasteiger partial charge is 0.341 e. The lowest BCUT2D eigenvalue weighted by Crippen LogP contribution is -2.55. The normalized spacial score (nSPS) is 16.2. The zero-order chi connectivity index (χ0) is 22.6. The van der Waals surface area contributed by atoms with Gasteiger partial charge in [0.25, 0.3) is 5.91 Å². The maximum absolute atomic E-state index is 12.9. The molecule has 0 aliphatic carbocycles. The Morgan fingerprint density at radius 3 is 2.00 bits per heavy atom. The van der Waals surface area contributed by atoms with Crippen molar-refractivity contribution in [2.45, 2.75) is 37.6 Å². The van der Waals surface area contributed by atoms with Crippen molar-refractivity contribution in [2.75, 3.05) is 26.2 Å². The second kappa shape index (κ2) is 9.62. The predicted molar refractivity (Wildman–Crippen MR) is 119 cm³/mol. The minimum atomic E-state index is -3.60. The SMILES string of the molecule is CC(C)c1ccc(S(=O)(=O)N2CCN(C(=O)[C@H](C)NC(=O)c3ccccc3)CC2)cc1. The number of carbonyl (C=O) groups excluding carboxylic acids is 2. The number of carbonyl (C=O) groups is 2. The van der Waals surface area contributed by atoms with Crippen LogP contribution in [0, 0.1) is 0 Å². The highest BCUT2D eigenvalue weighted by Gasteiger charge is 2.32. The number of amides is 2. The Morgan fingerprint density at radius 2 is 1.45 bits per heavy atom. The third-order valence-electron chi connectivity index (χ3n) is 5.49. The van der Waals surface area contributed by atoms with E-state index < -0.39 is 16.1 Å². The van der Waals surface area contributed by atoms with E-state index >= 15 is 0 Å². The fourth-order valence-corrected chi connectivity index (χ4v) is 4.95. The first kappa shape index (κ1) is 23.0. The van der Waals surface area contributed by atoms with Crippen LogP contribution in [0.2, 0.25) is 0 Å². The van der Waals surface area contributed by atoms with Gasteiger partial charge in [0.05, 0.1) is 4.90 Å². The quantitative estimate of drug-likeness (QED) is 0.743. The summed E-state index contributed by atoms with van der Waals surface area (Å²) < 4.78 is 27.3. The van der Waals surface area contributed by atoms with Gasteiger partial charge in [0.2, 0.25) is 15.9 Å². The van der Waals surface area contributed by atoms with Gasteiger partial charge in [0.15, 0.2) is 0 Å². The monoisotopic (exact) mass is 443 g/mol. The molecule has 8 heteroatoms. The molecule has 166 valence electrons. The van der Waals surface area contributed by atoms with E-state index in [2.05, 4.69) is 19.2 Å². The van der Waals surface area contributed by atoms with Gasteiger partial charge in [0.1, 0.15) is 6.04 Å². The summed E-state index contributed by atoms with van der Waals surface area (Å²) in [4.78, 5) is 26.9. The van der Waals surface area contributed by atoms with E-state index in [1.807, 2.05) is 18.2 Å². The lowest BCUT2D eigenvalue weighted by Gasteiger charge is -2.35. The molecule has 1 saturated heterocycles. The Bertz CT molecular complexity index is 1010. The molecule has 7 nitrogen and oxygen atoms in total. The topological polar surface area (TPSA) is 86.8 Å². The van der Waals surface area contributed by atoms with Crippen molar-refractivity contribution in [3.05, 3.63) is 65.7 Å². The van der Waals surface area contributed by atoms with Crippen LogP contribution in [0.5, 0.6) is 0 Å². The smallest absolute Gasteiger partial charge is 0.251 e. The molecule has 1 atom stereocenters. The first-order valence-electron chi connectivity index (χ1n) is 10.4. The highest BCUT2D eigenvalue weighted by Crippen LogP contribution is 2.21. The molecule has 0 bridgehead atoms. The van der Waals surface area contributed by atoms with E-state index in [9.17, 15) is 18.0 Å². The van der Waals surface area contributed by atoms with Crippen molar-refractivity contribution in [2.24, 2.45) is 0 Å². The Morgan fingerprint density at radius 1 is 0.871 bits per heavy atom. The van der Waals surface area contributed by atoms with Crippen LogP contribution in [0.4, 0.5) is 0 Å². The molecular formula is C23H29N3O4S. The maximum atomic E-state index is 12.9. The molecule has 31 heavy (non-hydrogen) atoms. The molecule has 2 aromatic carbocycles. The molecule has 1 fully saturated rings. The lowest BCUT2D eigenvalue weighted by atomic mass is 10.0. The minimum absolute atomic E-state index is 0.220. The van der Waals surface area contributed by atoms with Crippen molar-refractivity contribution >= 4 is 21.8 Å². The summed E-state index contributed by atoms with van der Waals surface area (Å²) in [7, 11) is -3.60. The van der Waals surface area contributed by atoms with Gasteiger partial charge < -0.3 is 10.2 Å². The van der Waals surface area contributed by atoms with Gasteiger partial charge in [0, 0.05) is 31.7 Å². The van der Waals surface area contributed by atoms with Crippen molar-refractivity contribution in [3.8, 4) is 0 Å². The van der Waals surface area contributed by atoms with Gasteiger partial charge in [-0.2, -0.15) is 4.31 Å². The van der Waals surface area contributed by atoms with Crippen LogP contribution in [0.25, 0.3) is 0 Å². The second-order valence-electron chi connectivity index (χ2n) is 8.01. The van der Waals surface area contributed by atoms with Gasteiger partial charge >= 0.3 is 0 Å². The molecule has 0 saturated carbocycles. The molecule has 0 unspecified atom stereocenters. The van der Waals surface area contributed by atoms with Crippen LogP contribution in [-0.4, -0.2) is 61.7 Å². The molecule has 1 N–H and O–H groups in total. The summed E-state index contributed by atoms with van der Waals surface area (Å²) in [5.41, 5.74) is 1.57. The molecule has 0 aromatic heterocycles. The molecular weight excluding hydrogens is 414 g/mol. The molecule has 2 aromatic rings. The lowest BCUT2D eigenvalue weighted by molar-refractivity contribution is -0.134. The van der Waals surface area contributed by atoms with Gasteiger partial charge in [-0.25, -0.2) is 8.42 Å². The number of rotatable bonds is 6. The first-order valence-corrected chi connectivity index (χ1v) is 11.9. The summed E-state index contributed by atoms with van der Waals surface area (Å²) in [5.74, 6) is -0.203. The van der Waals surface area contributed by atoms with E-state index in [0.29, 0.717) is 11.5 Å². The Labute approximate surface area is 184 Å².